The maximum atomic E-state index is 11.8. The average Bonchev–Trinajstić information content (AvgIpc) is 1.87. The zero-order chi connectivity index (χ0) is 7.98. The Labute approximate surface area is 58.2 Å². The van der Waals surface area contributed by atoms with E-state index in [2.05, 4.69) is 4.74 Å². The molecular weight excluding hydrogens is 145 g/mol. The van der Waals surface area contributed by atoms with Crippen LogP contribution in [-0.2, 0) is 4.74 Å². The van der Waals surface area contributed by atoms with Gasteiger partial charge in [-0.25, -0.2) is 8.78 Å². The van der Waals surface area contributed by atoms with Gasteiger partial charge in [-0.1, -0.05) is 0 Å². The molecule has 0 aliphatic carbocycles. The Morgan fingerprint density at radius 3 is 2.30 bits per heavy atom. The average molecular weight is 156 g/mol. The topological polar surface area (TPSA) is 9.23 Å². The third-order valence-corrected chi connectivity index (χ3v) is 1.06. The lowest BCUT2D eigenvalue weighted by atomic mass is 10.3. The van der Waals surface area contributed by atoms with Crippen LogP contribution >= 0.6 is 0 Å². The summed E-state index contributed by atoms with van der Waals surface area (Å²) in [5, 5.41) is 0. The van der Waals surface area contributed by atoms with E-state index in [0.717, 1.165) is 0 Å². The molecule has 1 unspecified atom stereocenters. The normalized spacial score (nSPS) is 14.1. The Bertz CT molecular complexity index is 71.4. The second-order valence-corrected chi connectivity index (χ2v) is 1.81. The van der Waals surface area contributed by atoms with Crippen LogP contribution in [0.5, 0.6) is 0 Å². The molecule has 62 valence electrons. The quantitative estimate of drug-likeness (QED) is 0.591. The van der Waals surface area contributed by atoms with Crippen molar-refractivity contribution >= 4 is 0 Å². The van der Waals surface area contributed by atoms with Gasteiger partial charge in [0.05, 0.1) is 6.67 Å². The van der Waals surface area contributed by atoms with Crippen LogP contribution in [-0.4, -0.2) is 25.8 Å². The van der Waals surface area contributed by atoms with Crippen molar-refractivity contribution in [2.75, 3.05) is 13.3 Å². The zero-order valence-electron chi connectivity index (χ0n) is 5.82. The molecule has 0 saturated heterocycles. The van der Waals surface area contributed by atoms with Gasteiger partial charge in [0.25, 0.3) is 6.43 Å². The second kappa shape index (κ2) is 5.53. The first kappa shape index (κ1) is 9.75. The predicted octanol–water partition coefficient (Wildman–Crippen LogP) is 2.02. The van der Waals surface area contributed by atoms with Crippen molar-refractivity contribution in [1.29, 1.82) is 0 Å². The highest BCUT2D eigenvalue weighted by Gasteiger charge is 2.19. The fourth-order valence-corrected chi connectivity index (χ4v) is 0.604. The fourth-order valence-electron chi connectivity index (χ4n) is 0.604. The summed E-state index contributed by atoms with van der Waals surface area (Å²) in [5.74, 6) is 0. The van der Waals surface area contributed by atoms with Crippen LogP contribution < -0.4 is 0 Å². The van der Waals surface area contributed by atoms with Gasteiger partial charge in [-0.2, -0.15) is 0 Å². The van der Waals surface area contributed by atoms with E-state index in [0.29, 0.717) is 0 Å². The molecule has 0 saturated carbocycles. The summed E-state index contributed by atoms with van der Waals surface area (Å²) >= 11 is 0. The molecule has 0 aromatic rings. The fraction of sp³-hybridized carbons (Fsp3) is 1.00. The van der Waals surface area contributed by atoms with Crippen LogP contribution in [0.2, 0.25) is 0 Å². The van der Waals surface area contributed by atoms with Gasteiger partial charge in [0.2, 0.25) is 0 Å². The standard InChI is InChI=1S/C6H11F3O/c1-2-10-5(3-4-7)6(8)9/h5-6H,2-4H2,1H3. The first-order valence-corrected chi connectivity index (χ1v) is 3.18. The van der Waals surface area contributed by atoms with E-state index in [1.54, 1.807) is 6.92 Å². The number of hydrogen-bond acceptors (Lipinski definition) is 1. The Hall–Kier alpha value is -0.250. The number of halogens is 3. The second-order valence-electron chi connectivity index (χ2n) is 1.81. The summed E-state index contributed by atoms with van der Waals surface area (Å²) in [6, 6.07) is 0. The summed E-state index contributed by atoms with van der Waals surface area (Å²) in [5.41, 5.74) is 0. The smallest absolute Gasteiger partial charge is 0.264 e. The molecule has 0 aromatic heterocycles. The molecule has 0 aromatic carbocycles. The van der Waals surface area contributed by atoms with Gasteiger partial charge < -0.3 is 4.74 Å². The van der Waals surface area contributed by atoms with E-state index in [1.807, 2.05) is 0 Å². The van der Waals surface area contributed by atoms with E-state index in [9.17, 15) is 13.2 Å². The summed E-state index contributed by atoms with van der Waals surface area (Å²) < 4.78 is 39.6. The lowest BCUT2D eigenvalue weighted by molar-refractivity contribution is -0.0572. The largest absolute Gasteiger partial charge is 0.372 e. The summed E-state index contributed by atoms with van der Waals surface area (Å²) in [6.45, 7) is 1.05. The molecule has 0 aliphatic heterocycles. The summed E-state index contributed by atoms with van der Waals surface area (Å²) in [4.78, 5) is 0. The van der Waals surface area contributed by atoms with Crippen LogP contribution in [0, 0.1) is 0 Å². The Morgan fingerprint density at radius 2 is 2.00 bits per heavy atom. The molecular formula is C6H11F3O. The Kier molecular flexibility index (Phi) is 5.39. The van der Waals surface area contributed by atoms with Gasteiger partial charge in [0.15, 0.2) is 0 Å². The van der Waals surface area contributed by atoms with Crippen molar-refractivity contribution in [1.82, 2.24) is 0 Å². The summed E-state index contributed by atoms with van der Waals surface area (Å²) in [7, 11) is 0. The monoisotopic (exact) mass is 156 g/mol. The molecule has 0 rings (SSSR count). The van der Waals surface area contributed by atoms with Crippen molar-refractivity contribution in [2.24, 2.45) is 0 Å². The number of hydrogen-bond donors (Lipinski definition) is 0. The molecule has 1 atom stereocenters. The molecule has 10 heavy (non-hydrogen) atoms. The maximum absolute atomic E-state index is 11.8. The van der Waals surface area contributed by atoms with Gasteiger partial charge in [-0.15, -0.1) is 0 Å². The van der Waals surface area contributed by atoms with Crippen molar-refractivity contribution in [2.45, 2.75) is 25.9 Å². The number of rotatable bonds is 5. The van der Waals surface area contributed by atoms with E-state index in [4.69, 9.17) is 0 Å². The van der Waals surface area contributed by atoms with E-state index in [-0.39, 0.29) is 13.0 Å². The minimum atomic E-state index is -2.57. The Morgan fingerprint density at radius 1 is 1.40 bits per heavy atom. The molecule has 0 amide bonds. The molecule has 0 aliphatic rings. The van der Waals surface area contributed by atoms with Gasteiger partial charge in [0.1, 0.15) is 6.10 Å². The molecule has 0 N–H and O–H groups in total. The highest BCUT2D eigenvalue weighted by Crippen LogP contribution is 2.09. The van der Waals surface area contributed by atoms with Crippen LogP contribution in [0.4, 0.5) is 13.2 Å². The Balaban J connectivity index is 3.50. The highest BCUT2D eigenvalue weighted by molar-refractivity contribution is 4.58. The van der Waals surface area contributed by atoms with Gasteiger partial charge in [-0.3, -0.25) is 4.39 Å². The minimum absolute atomic E-state index is 0.203. The molecule has 0 bridgehead atoms. The van der Waals surface area contributed by atoms with E-state index in [1.165, 1.54) is 0 Å². The summed E-state index contributed by atoms with van der Waals surface area (Å²) in [6.07, 6.45) is -4.02. The molecule has 0 spiro atoms. The van der Waals surface area contributed by atoms with Crippen LogP contribution in [0.25, 0.3) is 0 Å². The third kappa shape index (κ3) is 3.71. The predicted molar refractivity (Wildman–Crippen MR) is 32.0 cm³/mol. The first-order valence-electron chi connectivity index (χ1n) is 3.18. The van der Waals surface area contributed by atoms with Gasteiger partial charge >= 0.3 is 0 Å². The first-order chi connectivity index (χ1) is 4.72. The molecule has 0 heterocycles. The van der Waals surface area contributed by atoms with Crippen molar-refractivity contribution in [3.05, 3.63) is 0 Å². The van der Waals surface area contributed by atoms with Crippen LogP contribution in [0.3, 0.4) is 0 Å². The zero-order valence-corrected chi connectivity index (χ0v) is 5.82. The van der Waals surface area contributed by atoms with Crippen molar-refractivity contribution in [3.63, 3.8) is 0 Å². The minimum Gasteiger partial charge on any atom is -0.372 e. The SMILES string of the molecule is CCOC(CCF)C(F)F. The van der Waals surface area contributed by atoms with Crippen molar-refractivity contribution in [3.8, 4) is 0 Å². The molecule has 0 fully saturated rings. The van der Waals surface area contributed by atoms with Crippen molar-refractivity contribution < 1.29 is 17.9 Å². The lowest BCUT2D eigenvalue weighted by Gasteiger charge is -2.13. The maximum Gasteiger partial charge on any atom is 0.264 e. The van der Waals surface area contributed by atoms with Crippen LogP contribution in [0.15, 0.2) is 0 Å². The molecule has 4 heteroatoms. The molecule has 1 nitrogen and oxygen atoms in total. The third-order valence-electron chi connectivity index (χ3n) is 1.06. The van der Waals surface area contributed by atoms with E-state index < -0.39 is 19.2 Å². The van der Waals surface area contributed by atoms with E-state index >= 15 is 0 Å². The van der Waals surface area contributed by atoms with Crippen LogP contribution in [0.1, 0.15) is 13.3 Å². The lowest BCUT2D eigenvalue weighted by Crippen LogP contribution is -2.22. The molecule has 0 radical (unpaired) electrons. The number of ether oxygens (including phenoxy) is 1. The van der Waals surface area contributed by atoms with Gasteiger partial charge in [0, 0.05) is 13.0 Å². The highest BCUT2D eigenvalue weighted by atomic mass is 19.3. The van der Waals surface area contributed by atoms with Gasteiger partial charge in [-0.05, 0) is 6.92 Å². The number of alkyl halides is 3.